The van der Waals surface area contributed by atoms with E-state index in [1.165, 1.54) is 0 Å². The minimum atomic E-state index is -0.665. The summed E-state index contributed by atoms with van der Waals surface area (Å²) in [5.41, 5.74) is 0. The van der Waals surface area contributed by atoms with E-state index in [1.54, 1.807) is 0 Å². The van der Waals surface area contributed by atoms with Gasteiger partial charge in [-0.2, -0.15) is 0 Å². The van der Waals surface area contributed by atoms with Crippen molar-refractivity contribution in [3.63, 3.8) is 0 Å². The van der Waals surface area contributed by atoms with Crippen LogP contribution >= 0.6 is 0 Å². The summed E-state index contributed by atoms with van der Waals surface area (Å²) in [5, 5.41) is 2.77. The molecule has 0 atom stereocenters. The number of nitrogens with one attached hydrogen (secondary N) is 1. The number of allylic oxidation sites excluding steroid dienone is 1. The molecule has 1 aromatic heterocycles. The topological polar surface area (TPSA) is 24.9 Å². The lowest BCUT2D eigenvalue weighted by molar-refractivity contribution is 0.575. The number of halogens is 2. The van der Waals surface area contributed by atoms with Crippen molar-refractivity contribution >= 4 is 5.82 Å². The van der Waals surface area contributed by atoms with Gasteiger partial charge in [0.15, 0.2) is 11.6 Å². The average molecular weight is 198 g/mol. The van der Waals surface area contributed by atoms with Crippen molar-refractivity contribution in [3.05, 3.63) is 36.0 Å². The first-order chi connectivity index (χ1) is 6.74. The Balaban J connectivity index is 2.50. The van der Waals surface area contributed by atoms with Crippen molar-refractivity contribution in [1.82, 2.24) is 4.98 Å². The predicted octanol–water partition coefficient (Wildman–Crippen LogP) is 2.74. The zero-order chi connectivity index (χ0) is 10.4. The summed E-state index contributed by atoms with van der Waals surface area (Å²) in [4.78, 5) is 3.59. The van der Waals surface area contributed by atoms with Crippen LogP contribution in [0, 0.1) is 11.6 Å². The first-order valence-corrected chi connectivity index (χ1v) is 4.40. The summed E-state index contributed by atoms with van der Waals surface area (Å²) in [6.07, 6.45) is 5.64. The van der Waals surface area contributed by atoms with Crippen LogP contribution in [0.1, 0.15) is 13.3 Å². The smallest absolute Gasteiger partial charge is 0.168 e. The molecule has 1 N–H and O–H groups in total. The Bertz CT molecular complexity index is 324. The third-order valence-electron chi connectivity index (χ3n) is 1.65. The van der Waals surface area contributed by atoms with Crippen molar-refractivity contribution in [2.75, 3.05) is 11.9 Å². The van der Waals surface area contributed by atoms with Crippen LogP contribution in [-0.4, -0.2) is 11.5 Å². The average Bonchev–Trinajstić information content (AvgIpc) is 2.15. The predicted molar refractivity (Wildman–Crippen MR) is 52.1 cm³/mol. The SMILES string of the molecule is C/C=C/CCNc1ncc(F)cc1F. The molecule has 0 saturated heterocycles. The fourth-order valence-corrected chi connectivity index (χ4v) is 0.985. The van der Waals surface area contributed by atoms with E-state index in [0.29, 0.717) is 6.54 Å². The molecule has 0 radical (unpaired) electrons. The molecule has 0 aliphatic carbocycles. The van der Waals surface area contributed by atoms with E-state index in [2.05, 4.69) is 10.3 Å². The van der Waals surface area contributed by atoms with Gasteiger partial charge < -0.3 is 5.32 Å². The monoisotopic (exact) mass is 198 g/mol. The van der Waals surface area contributed by atoms with Crippen molar-refractivity contribution in [3.8, 4) is 0 Å². The van der Waals surface area contributed by atoms with Gasteiger partial charge in [0.2, 0.25) is 0 Å². The van der Waals surface area contributed by atoms with E-state index in [9.17, 15) is 8.78 Å². The Morgan fingerprint density at radius 2 is 2.29 bits per heavy atom. The number of pyridine rings is 1. The fourth-order valence-electron chi connectivity index (χ4n) is 0.985. The molecular formula is C10H12F2N2. The van der Waals surface area contributed by atoms with Crippen LogP contribution < -0.4 is 5.32 Å². The van der Waals surface area contributed by atoms with Gasteiger partial charge in [0.05, 0.1) is 6.20 Å². The van der Waals surface area contributed by atoms with Crippen molar-refractivity contribution in [2.45, 2.75) is 13.3 Å². The second-order valence-electron chi connectivity index (χ2n) is 2.77. The Morgan fingerprint density at radius 3 is 2.93 bits per heavy atom. The van der Waals surface area contributed by atoms with Crippen LogP contribution in [0.2, 0.25) is 0 Å². The normalized spacial score (nSPS) is 10.8. The number of nitrogens with zero attached hydrogens (tertiary/aromatic N) is 1. The highest BCUT2D eigenvalue weighted by Crippen LogP contribution is 2.10. The van der Waals surface area contributed by atoms with Gasteiger partial charge in [-0.1, -0.05) is 12.2 Å². The minimum absolute atomic E-state index is 0.0934. The molecule has 76 valence electrons. The van der Waals surface area contributed by atoms with Gasteiger partial charge in [-0.15, -0.1) is 0 Å². The van der Waals surface area contributed by atoms with E-state index in [4.69, 9.17) is 0 Å². The maximum atomic E-state index is 13.0. The molecule has 0 aliphatic heterocycles. The summed E-state index contributed by atoms with van der Waals surface area (Å²) >= 11 is 0. The van der Waals surface area contributed by atoms with Gasteiger partial charge in [-0.25, -0.2) is 13.8 Å². The molecule has 0 spiro atoms. The highest BCUT2D eigenvalue weighted by Gasteiger charge is 2.03. The van der Waals surface area contributed by atoms with E-state index in [1.807, 2.05) is 19.1 Å². The second kappa shape index (κ2) is 5.32. The second-order valence-corrected chi connectivity index (χ2v) is 2.77. The van der Waals surface area contributed by atoms with E-state index in [0.717, 1.165) is 18.7 Å². The first-order valence-electron chi connectivity index (χ1n) is 4.40. The molecule has 2 nitrogen and oxygen atoms in total. The largest absolute Gasteiger partial charge is 0.367 e. The fraction of sp³-hybridized carbons (Fsp3) is 0.300. The van der Waals surface area contributed by atoms with Gasteiger partial charge >= 0.3 is 0 Å². The van der Waals surface area contributed by atoms with Crippen molar-refractivity contribution < 1.29 is 8.78 Å². The molecule has 1 aromatic rings. The molecule has 0 amide bonds. The van der Waals surface area contributed by atoms with Crippen molar-refractivity contribution in [2.24, 2.45) is 0 Å². The van der Waals surface area contributed by atoms with E-state index in [-0.39, 0.29) is 5.82 Å². The Hall–Kier alpha value is -1.45. The lowest BCUT2D eigenvalue weighted by Gasteiger charge is -2.04. The third kappa shape index (κ3) is 3.12. The Kier molecular flexibility index (Phi) is 4.04. The van der Waals surface area contributed by atoms with Crippen LogP contribution in [0.15, 0.2) is 24.4 Å². The van der Waals surface area contributed by atoms with E-state index >= 15 is 0 Å². The number of hydrogen-bond donors (Lipinski definition) is 1. The Morgan fingerprint density at radius 1 is 1.50 bits per heavy atom. The molecule has 0 unspecified atom stereocenters. The van der Waals surface area contributed by atoms with Gasteiger partial charge in [-0.05, 0) is 13.3 Å². The summed E-state index contributed by atoms with van der Waals surface area (Å²) in [6, 6.07) is 0.811. The quantitative estimate of drug-likeness (QED) is 0.594. The molecule has 14 heavy (non-hydrogen) atoms. The Labute approximate surface area is 81.7 Å². The number of aromatic nitrogens is 1. The summed E-state index contributed by atoms with van der Waals surface area (Å²) in [7, 11) is 0. The highest BCUT2D eigenvalue weighted by molar-refractivity contribution is 5.35. The van der Waals surface area contributed by atoms with Gasteiger partial charge in [0.25, 0.3) is 0 Å². The summed E-state index contributed by atoms with van der Waals surface area (Å²) in [5.74, 6) is -1.23. The number of hydrogen-bond acceptors (Lipinski definition) is 2. The molecule has 1 heterocycles. The van der Waals surface area contributed by atoms with Crippen LogP contribution in [0.3, 0.4) is 0 Å². The van der Waals surface area contributed by atoms with Crippen molar-refractivity contribution in [1.29, 1.82) is 0 Å². The molecule has 0 bridgehead atoms. The molecule has 0 saturated carbocycles. The molecule has 4 heteroatoms. The zero-order valence-corrected chi connectivity index (χ0v) is 7.93. The van der Waals surface area contributed by atoms with Gasteiger partial charge in [0, 0.05) is 12.6 Å². The molecule has 0 fully saturated rings. The molecule has 0 aromatic carbocycles. The van der Waals surface area contributed by atoms with Crippen LogP contribution in [-0.2, 0) is 0 Å². The first kappa shape index (κ1) is 10.6. The third-order valence-corrected chi connectivity index (χ3v) is 1.65. The molecular weight excluding hydrogens is 186 g/mol. The van der Waals surface area contributed by atoms with Crippen LogP contribution in [0.4, 0.5) is 14.6 Å². The van der Waals surface area contributed by atoms with E-state index < -0.39 is 11.6 Å². The summed E-state index contributed by atoms with van der Waals surface area (Å²) in [6.45, 7) is 2.50. The zero-order valence-electron chi connectivity index (χ0n) is 7.93. The van der Waals surface area contributed by atoms with Gasteiger partial charge in [-0.3, -0.25) is 0 Å². The van der Waals surface area contributed by atoms with Crippen LogP contribution in [0.25, 0.3) is 0 Å². The standard InChI is InChI=1S/C10H12F2N2/c1-2-3-4-5-13-10-9(12)6-8(11)7-14-10/h2-3,6-7H,4-5H2,1H3,(H,13,14)/b3-2+. The molecule has 0 aliphatic rings. The molecule has 1 rings (SSSR count). The lowest BCUT2D eigenvalue weighted by atomic mass is 10.3. The maximum absolute atomic E-state index is 13.0. The number of anilines is 1. The maximum Gasteiger partial charge on any atom is 0.168 e. The lowest BCUT2D eigenvalue weighted by Crippen LogP contribution is -2.04. The van der Waals surface area contributed by atoms with Gasteiger partial charge in [0.1, 0.15) is 5.82 Å². The number of rotatable bonds is 4. The minimum Gasteiger partial charge on any atom is -0.367 e. The highest BCUT2D eigenvalue weighted by atomic mass is 19.1. The summed E-state index contributed by atoms with van der Waals surface area (Å²) < 4.78 is 25.4. The van der Waals surface area contributed by atoms with Crippen LogP contribution in [0.5, 0.6) is 0 Å².